The van der Waals surface area contributed by atoms with E-state index in [1.807, 2.05) is 13.1 Å². The maximum atomic E-state index is 12.3. The number of aromatic nitrogens is 2. The van der Waals surface area contributed by atoms with Crippen LogP contribution < -0.4 is 4.90 Å². The van der Waals surface area contributed by atoms with Crippen molar-refractivity contribution in [2.75, 3.05) is 25.0 Å². The van der Waals surface area contributed by atoms with Crippen molar-refractivity contribution < 1.29 is 4.79 Å². The fourth-order valence-corrected chi connectivity index (χ4v) is 2.99. The lowest BCUT2D eigenvalue weighted by atomic mass is 10.00. The lowest BCUT2D eigenvalue weighted by molar-refractivity contribution is 0.0786. The number of anilines is 1. The number of amides is 1. The first kappa shape index (κ1) is 16.4. The van der Waals surface area contributed by atoms with Crippen LogP contribution in [-0.4, -0.2) is 41.1 Å². The van der Waals surface area contributed by atoms with Crippen molar-refractivity contribution in [2.45, 2.75) is 32.7 Å². The van der Waals surface area contributed by atoms with Crippen LogP contribution in [-0.2, 0) is 13.0 Å². The Morgan fingerprint density at radius 3 is 2.67 bits per heavy atom. The Morgan fingerprint density at radius 2 is 1.96 bits per heavy atom. The normalized spacial score (nSPS) is 13.5. The Hall–Kier alpha value is -2.43. The monoisotopic (exact) mass is 324 g/mol. The molecule has 0 N–H and O–H groups in total. The Bertz CT molecular complexity index is 699. The van der Waals surface area contributed by atoms with Crippen molar-refractivity contribution in [3.63, 3.8) is 0 Å². The molecule has 0 saturated carbocycles. The van der Waals surface area contributed by atoms with E-state index in [-0.39, 0.29) is 5.91 Å². The van der Waals surface area contributed by atoms with Crippen molar-refractivity contribution in [1.82, 2.24) is 15.1 Å². The van der Waals surface area contributed by atoms with E-state index >= 15 is 0 Å². The highest BCUT2D eigenvalue weighted by Gasteiger charge is 2.19. The summed E-state index contributed by atoms with van der Waals surface area (Å²) in [7, 11) is 1.81. The van der Waals surface area contributed by atoms with Crippen LogP contribution in [0.25, 0.3) is 0 Å². The highest BCUT2D eigenvalue weighted by Crippen LogP contribution is 2.22. The van der Waals surface area contributed by atoms with Crippen molar-refractivity contribution in [3.8, 4) is 0 Å². The molecule has 0 unspecified atom stereocenters. The van der Waals surface area contributed by atoms with Gasteiger partial charge >= 0.3 is 0 Å². The van der Waals surface area contributed by atoms with Gasteiger partial charge in [0.05, 0.1) is 0 Å². The van der Waals surface area contributed by atoms with Crippen LogP contribution in [0.4, 0.5) is 5.82 Å². The number of rotatable bonds is 5. The highest BCUT2D eigenvalue weighted by molar-refractivity contribution is 5.92. The molecule has 0 fully saturated rings. The second-order valence-electron chi connectivity index (χ2n) is 6.30. The van der Waals surface area contributed by atoms with Gasteiger partial charge in [0.25, 0.3) is 5.91 Å². The summed E-state index contributed by atoms with van der Waals surface area (Å²) in [6.45, 7) is 4.63. The van der Waals surface area contributed by atoms with Gasteiger partial charge in [-0.1, -0.05) is 37.6 Å². The first-order valence-corrected chi connectivity index (χ1v) is 8.60. The van der Waals surface area contributed by atoms with Crippen molar-refractivity contribution in [3.05, 3.63) is 53.2 Å². The SMILES string of the molecule is CCCCN(C)C(=O)c1ccc(N2CCc3ccccc3C2)nn1. The van der Waals surface area contributed by atoms with Gasteiger partial charge in [-0.2, -0.15) is 0 Å². The zero-order chi connectivity index (χ0) is 16.9. The molecule has 0 spiro atoms. The predicted octanol–water partition coefficient (Wildman–Crippen LogP) is 2.91. The molecule has 0 atom stereocenters. The summed E-state index contributed by atoms with van der Waals surface area (Å²) >= 11 is 0. The fourth-order valence-electron chi connectivity index (χ4n) is 2.99. The molecule has 126 valence electrons. The Balaban J connectivity index is 1.68. The molecule has 3 rings (SSSR count). The Kier molecular flexibility index (Phi) is 5.08. The maximum absolute atomic E-state index is 12.3. The smallest absolute Gasteiger partial charge is 0.274 e. The molecule has 0 aliphatic carbocycles. The summed E-state index contributed by atoms with van der Waals surface area (Å²) in [5.74, 6) is 0.767. The molecule has 2 aromatic rings. The summed E-state index contributed by atoms with van der Waals surface area (Å²) in [4.78, 5) is 16.2. The van der Waals surface area contributed by atoms with E-state index in [0.29, 0.717) is 5.69 Å². The molecule has 0 bridgehead atoms. The molecule has 1 amide bonds. The molecule has 1 aromatic heterocycles. The van der Waals surface area contributed by atoms with Crippen LogP contribution >= 0.6 is 0 Å². The second-order valence-corrected chi connectivity index (χ2v) is 6.30. The highest BCUT2D eigenvalue weighted by atomic mass is 16.2. The summed E-state index contributed by atoms with van der Waals surface area (Å²) in [5, 5.41) is 8.44. The minimum absolute atomic E-state index is 0.0634. The number of carbonyl (C=O) groups is 1. The molecule has 1 aliphatic heterocycles. The summed E-state index contributed by atoms with van der Waals surface area (Å²) in [6, 6.07) is 12.2. The number of hydrogen-bond donors (Lipinski definition) is 0. The minimum atomic E-state index is -0.0634. The van der Waals surface area contributed by atoms with E-state index < -0.39 is 0 Å². The third-order valence-corrected chi connectivity index (χ3v) is 4.52. The molecule has 2 heterocycles. The predicted molar refractivity (Wildman–Crippen MR) is 95.1 cm³/mol. The number of nitrogens with zero attached hydrogens (tertiary/aromatic N) is 4. The maximum Gasteiger partial charge on any atom is 0.274 e. The van der Waals surface area contributed by atoms with Crippen LogP contribution in [0.5, 0.6) is 0 Å². The van der Waals surface area contributed by atoms with Gasteiger partial charge in [0.15, 0.2) is 11.5 Å². The van der Waals surface area contributed by atoms with Gasteiger partial charge in [-0.3, -0.25) is 4.79 Å². The third-order valence-electron chi connectivity index (χ3n) is 4.52. The molecule has 1 aromatic carbocycles. The van der Waals surface area contributed by atoms with E-state index in [1.165, 1.54) is 11.1 Å². The van der Waals surface area contributed by atoms with Crippen LogP contribution in [0.1, 0.15) is 41.4 Å². The van der Waals surface area contributed by atoms with Crippen LogP contribution in [0.3, 0.4) is 0 Å². The molecular formula is C19H24N4O. The molecule has 5 heteroatoms. The molecule has 1 aliphatic rings. The zero-order valence-electron chi connectivity index (χ0n) is 14.4. The quantitative estimate of drug-likeness (QED) is 0.848. The number of hydrogen-bond acceptors (Lipinski definition) is 4. The standard InChI is InChI=1S/C19H24N4O/c1-3-4-12-22(2)19(24)17-9-10-18(21-20-17)23-13-11-15-7-5-6-8-16(15)14-23/h5-10H,3-4,11-14H2,1-2H3. The van der Waals surface area contributed by atoms with Crippen molar-refractivity contribution in [2.24, 2.45) is 0 Å². The Labute approximate surface area is 143 Å². The van der Waals surface area contributed by atoms with Gasteiger partial charge in [0, 0.05) is 26.7 Å². The molecule has 0 radical (unpaired) electrons. The molecular weight excluding hydrogens is 300 g/mol. The molecule has 0 saturated heterocycles. The van der Waals surface area contributed by atoms with Crippen LogP contribution in [0.2, 0.25) is 0 Å². The number of benzene rings is 1. The van der Waals surface area contributed by atoms with Gasteiger partial charge in [-0.15, -0.1) is 10.2 Å². The summed E-state index contributed by atoms with van der Waals surface area (Å²) in [5.41, 5.74) is 3.16. The minimum Gasteiger partial charge on any atom is -0.350 e. The lowest BCUT2D eigenvalue weighted by Crippen LogP contribution is -2.32. The zero-order valence-corrected chi connectivity index (χ0v) is 14.4. The van der Waals surface area contributed by atoms with Crippen LogP contribution in [0.15, 0.2) is 36.4 Å². The Morgan fingerprint density at radius 1 is 1.17 bits per heavy atom. The molecule has 24 heavy (non-hydrogen) atoms. The van der Waals surface area contributed by atoms with Crippen LogP contribution in [0, 0.1) is 0 Å². The lowest BCUT2D eigenvalue weighted by Gasteiger charge is -2.29. The first-order chi connectivity index (χ1) is 11.7. The fraction of sp³-hybridized carbons (Fsp3) is 0.421. The van der Waals surface area contributed by atoms with E-state index in [2.05, 4.69) is 46.3 Å². The first-order valence-electron chi connectivity index (χ1n) is 8.60. The van der Waals surface area contributed by atoms with E-state index in [0.717, 1.165) is 44.7 Å². The van der Waals surface area contributed by atoms with E-state index in [1.54, 1.807) is 11.0 Å². The van der Waals surface area contributed by atoms with Gasteiger partial charge in [0.2, 0.25) is 0 Å². The average molecular weight is 324 g/mol. The average Bonchev–Trinajstić information content (AvgIpc) is 2.65. The second kappa shape index (κ2) is 7.43. The van der Waals surface area contributed by atoms with Gasteiger partial charge in [0.1, 0.15) is 0 Å². The number of fused-ring (bicyclic) bond motifs is 1. The van der Waals surface area contributed by atoms with Crippen molar-refractivity contribution >= 4 is 11.7 Å². The van der Waals surface area contributed by atoms with E-state index in [4.69, 9.17) is 0 Å². The number of unbranched alkanes of at least 4 members (excludes halogenated alkanes) is 1. The van der Waals surface area contributed by atoms with E-state index in [9.17, 15) is 4.79 Å². The third kappa shape index (κ3) is 3.55. The van der Waals surface area contributed by atoms with Gasteiger partial charge < -0.3 is 9.80 Å². The van der Waals surface area contributed by atoms with Gasteiger partial charge in [-0.25, -0.2) is 0 Å². The summed E-state index contributed by atoms with van der Waals surface area (Å²) in [6.07, 6.45) is 3.08. The number of carbonyl (C=O) groups excluding carboxylic acids is 1. The van der Waals surface area contributed by atoms with Crippen molar-refractivity contribution in [1.29, 1.82) is 0 Å². The topological polar surface area (TPSA) is 49.3 Å². The van der Waals surface area contributed by atoms with Gasteiger partial charge in [-0.05, 0) is 36.1 Å². The largest absolute Gasteiger partial charge is 0.350 e. The molecule has 5 nitrogen and oxygen atoms in total. The summed E-state index contributed by atoms with van der Waals surface area (Å²) < 4.78 is 0.